The maximum absolute atomic E-state index is 12.3. The molecule has 1 aliphatic carbocycles. The molecule has 0 aromatic rings. The summed E-state index contributed by atoms with van der Waals surface area (Å²) >= 11 is 0. The molecule has 3 N–H and O–H groups in total. The van der Waals surface area contributed by atoms with E-state index in [-0.39, 0.29) is 12.1 Å². The van der Waals surface area contributed by atoms with Crippen LogP contribution in [0.5, 0.6) is 0 Å². The van der Waals surface area contributed by atoms with Gasteiger partial charge in [0.2, 0.25) is 0 Å². The van der Waals surface area contributed by atoms with E-state index in [1.807, 2.05) is 0 Å². The molecule has 20 heavy (non-hydrogen) atoms. The van der Waals surface area contributed by atoms with Gasteiger partial charge in [0.05, 0.1) is 12.1 Å². The van der Waals surface area contributed by atoms with Crippen LogP contribution in [0.2, 0.25) is 0 Å². The number of amides is 2. The van der Waals surface area contributed by atoms with Crippen LogP contribution < -0.4 is 5.32 Å². The van der Waals surface area contributed by atoms with Crippen LogP contribution in [0.15, 0.2) is 0 Å². The Balaban J connectivity index is 1.99. The number of likely N-dealkylation sites (tertiary alicyclic amines) is 1. The Labute approximate surface area is 119 Å². The zero-order valence-corrected chi connectivity index (χ0v) is 11.8. The zero-order valence-electron chi connectivity index (χ0n) is 11.8. The van der Waals surface area contributed by atoms with Crippen LogP contribution in [0.4, 0.5) is 4.79 Å². The molecule has 1 saturated carbocycles. The average Bonchev–Trinajstić information content (AvgIpc) is 2.67. The second-order valence-corrected chi connectivity index (χ2v) is 5.80. The number of aliphatic hydroxyl groups is 1. The first-order valence-electron chi connectivity index (χ1n) is 7.57. The summed E-state index contributed by atoms with van der Waals surface area (Å²) in [7, 11) is 0. The van der Waals surface area contributed by atoms with Crippen molar-refractivity contribution in [1.82, 2.24) is 10.2 Å². The maximum Gasteiger partial charge on any atom is 0.326 e. The van der Waals surface area contributed by atoms with Gasteiger partial charge in [0.25, 0.3) is 0 Å². The number of nitrogens with zero attached hydrogens (tertiary/aromatic N) is 1. The molecule has 0 spiro atoms. The third kappa shape index (κ3) is 3.62. The van der Waals surface area contributed by atoms with Gasteiger partial charge in [0.1, 0.15) is 6.04 Å². The molecule has 6 nitrogen and oxygen atoms in total. The number of hydrogen-bond acceptors (Lipinski definition) is 3. The summed E-state index contributed by atoms with van der Waals surface area (Å²) in [5, 5.41) is 22.0. The van der Waals surface area contributed by atoms with Gasteiger partial charge in [-0.05, 0) is 25.7 Å². The molecule has 0 radical (unpaired) electrons. The molecule has 1 heterocycles. The molecule has 3 unspecified atom stereocenters. The molecule has 2 rings (SSSR count). The first-order valence-corrected chi connectivity index (χ1v) is 7.57. The normalized spacial score (nSPS) is 31.4. The first kappa shape index (κ1) is 15.1. The fourth-order valence-electron chi connectivity index (χ4n) is 3.13. The van der Waals surface area contributed by atoms with Crippen LogP contribution in [0, 0.1) is 0 Å². The van der Waals surface area contributed by atoms with E-state index >= 15 is 0 Å². The second-order valence-electron chi connectivity index (χ2n) is 5.80. The number of aliphatic carboxylic acids is 1. The van der Waals surface area contributed by atoms with Crippen molar-refractivity contribution in [3.63, 3.8) is 0 Å². The van der Waals surface area contributed by atoms with E-state index in [0.717, 1.165) is 38.5 Å². The number of carbonyl (C=O) groups excluding carboxylic acids is 1. The minimum Gasteiger partial charge on any atom is -0.480 e. The molecule has 1 saturated heterocycles. The minimum atomic E-state index is -0.939. The quantitative estimate of drug-likeness (QED) is 0.713. The number of carboxylic acids is 1. The second kappa shape index (κ2) is 6.92. The van der Waals surface area contributed by atoms with Gasteiger partial charge in [0.15, 0.2) is 0 Å². The number of hydrogen-bond donors (Lipinski definition) is 3. The summed E-state index contributed by atoms with van der Waals surface area (Å²) in [5.41, 5.74) is 0. The molecule has 114 valence electrons. The molecule has 2 aliphatic rings. The molecule has 2 fully saturated rings. The highest BCUT2D eigenvalue weighted by atomic mass is 16.4. The molecule has 3 atom stereocenters. The highest BCUT2D eigenvalue weighted by Crippen LogP contribution is 2.21. The van der Waals surface area contributed by atoms with Crippen LogP contribution >= 0.6 is 0 Å². The van der Waals surface area contributed by atoms with E-state index in [1.54, 1.807) is 0 Å². The summed E-state index contributed by atoms with van der Waals surface area (Å²) in [5.74, 6) is -0.939. The van der Waals surface area contributed by atoms with Crippen LogP contribution in [-0.2, 0) is 4.79 Å². The standard InChI is InChI=1S/C14H24N2O4/c17-12-8-4-3-6-10(12)15-14(20)16-9-5-1-2-7-11(16)13(18)19/h10-12,17H,1-9H2,(H,15,20)(H,18,19). The lowest BCUT2D eigenvalue weighted by molar-refractivity contribution is -0.142. The monoisotopic (exact) mass is 284 g/mol. The number of carboxylic acid groups (broad SMARTS) is 1. The molecular formula is C14H24N2O4. The maximum atomic E-state index is 12.3. The van der Waals surface area contributed by atoms with Crippen molar-refractivity contribution in [3.05, 3.63) is 0 Å². The van der Waals surface area contributed by atoms with Gasteiger partial charge < -0.3 is 20.4 Å². The topological polar surface area (TPSA) is 89.9 Å². The summed E-state index contributed by atoms with van der Waals surface area (Å²) in [6, 6.07) is -1.32. The van der Waals surface area contributed by atoms with E-state index in [1.165, 1.54) is 4.90 Å². The van der Waals surface area contributed by atoms with E-state index < -0.39 is 18.1 Å². The zero-order chi connectivity index (χ0) is 14.5. The van der Waals surface area contributed by atoms with Gasteiger partial charge in [0, 0.05) is 6.54 Å². The van der Waals surface area contributed by atoms with Gasteiger partial charge in [-0.25, -0.2) is 9.59 Å². The predicted octanol–water partition coefficient (Wildman–Crippen LogP) is 1.33. The van der Waals surface area contributed by atoms with Gasteiger partial charge >= 0.3 is 12.0 Å². The van der Waals surface area contributed by atoms with E-state index in [0.29, 0.717) is 19.4 Å². The largest absolute Gasteiger partial charge is 0.480 e. The molecule has 1 aliphatic heterocycles. The Morgan fingerprint density at radius 2 is 1.70 bits per heavy atom. The van der Waals surface area contributed by atoms with Crippen LogP contribution in [-0.4, -0.2) is 51.8 Å². The summed E-state index contributed by atoms with van der Waals surface area (Å²) in [6.07, 6.45) is 6.07. The van der Waals surface area contributed by atoms with Gasteiger partial charge in [-0.3, -0.25) is 0 Å². The molecule has 0 aromatic carbocycles. The van der Waals surface area contributed by atoms with E-state index in [4.69, 9.17) is 0 Å². The highest BCUT2D eigenvalue weighted by Gasteiger charge is 2.33. The Morgan fingerprint density at radius 3 is 2.40 bits per heavy atom. The van der Waals surface area contributed by atoms with Crippen molar-refractivity contribution in [2.24, 2.45) is 0 Å². The smallest absolute Gasteiger partial charge is 0.326 e. The molecule has 2 amide bonds. The SMILES string of the molecule is O=C(O)C1CCCCCN1C(=O)NC1CCCCC1O. The summed E-state index contributed by atoms with van der Waals surface area (Å²) in [4.78, 5) is 25.1. The first-order chi connectivity index (χ1) is 9.59. The van der Waals surface area contributed by atoms with E-state index in [2.05, 4.69) is 5.32 Å². The van der Waals surface area contributed by atoms with E-state index in [9.17, 15) is 19.8 Å². The summed E-state index contributed by atoms with van der Waals surface area (Å²) in [6.45, 7) is 0.478. The van der Waals surface area contributed by atoms with Crippen molar-refractivity contribution in [3.8, 4) is 0 Å². The lowest BCUT2D eigenvalue weighted by Crippen LogP contribution is -2.54. The third-order valence-electron chi connectivity index (χ3n) is 4.34. The number of nitrogens with one attached hydrogen (secondary N) is 1. The molecule has 6 heteroatoms. The molecule has 0 aromatic heterocycles. The lowest BCUT2D eigenvalue weighted by atomic mass is 9.93. The Bertz CT molecular complexity index is 361. The van der Waals surface area contributed by atoms with Crippen molar-refractivity contribution in [2.75, 3.05) is 6.54 Å². The Morgan fingerprint density at radius 1 is 1.00 bits per heavy atom. The van der Waals surface area contributed by atoms with Crippen LogP contribution in [0.1, 0.15) is 51.4 Å². The predicted molar refractivity (Wildman–Crippen MR) is 73.4 cm³/mol. The Kier molecular flexibility index (Phi) is 5.23. The number of aliphatic hydroxyl groups excluding tert-OH is 1. The highest BCUT2D eigenvalue weighted by molar-refractivity contribution is 5.82. The van der Waals surface area contributed by atoms with Gasteiger partial charge in [-0.2, -0.15) is 0 Å². The van der Waals surface area contributed by atoms with Crippen LogP contribution in [0.3, 0.4) is 0 Å². The van der Waals surface area contributed by atoms with Crippen LogP contribution in [0.25, 0.3) is 0 Å². The number of urea groups is 1. The van der Waals surface area contributed by atoms with Crippen molar-refractivity contribution < 1.29 is 19.8 Å². The summed E-state index contributed by atoms with van der Waals surface area (Å²) < 4.78 is 0. The lowest BCUT2D eigenvalue weighted by Gasteiger charge is -2.33. The number of carbonyl (C=O) groups is 2. The molecule has 0 bridgehead atoms. The average molecular weight is 284 g/mol. The third-order valence-corrected chi connectivity index (χ3v) is 4.34. The minimum absolute atomic E-state index is 0.242. The van der Waals surface area contributed by atoms with Gasteiger partial charge in [-0.15, -0.1) is 0 Å². The van der Waals surface area contributed by atoms with Crippen molar-refractivity contribution in [2.45, 2.75) is 69.6 Å². The fraction of sp³-hybridized carbons (Fsp3) is 0.857. The van der Waals surface area contributed by atoms with Gasteiger partial charge in [-0.1, -0.05) is 25.7 Å². The number of rotatable bonds is 2. The molecular weight excluding hydrogens is 260 g/mol. The fourth-order valence-corrected chi connectivity index (χ4v) is 3.13. The van der Waals surface area contributed by atoms with Crippen molar-refractivity contribution in [1.29, 1.82) is 0 Å². The Hall–Kier alpha value is -1.30. The van der Waals surface area contributed by atoms with Crippen molar-refractivity contribution >= 4 is 12.0 Å².